The van der Waals surface area contributed by atoms with Crippen LogP contribution in [0.5, 0.6) is 0 Å². The van der Waals surface area contributed by atoms with Gasteiger partial charge in [-0.3, -0.25) is 10.2 Å². The first-order chi connectivity index (χ1) is 9.22. The van der Waals surface area contributed by atoms with E-state index in [2.05, 4.69) is 10.2 Å². The molecule has 4 heteroatoms. The van der Waals surface area contributed by atoms with Gasteiger partial charge in [0.15, 0.2) is 0 Å². The molecule has 2 N–H and O–H groups in total. The van der Waals surface area contributed by atoms with Crippen LogP contribution in [0.3, 0.4) is 0 Å². The second kappa shape index (κ2) is 4.68. The number of hydrogen-bond acceptors (Lipinski definition) is 3. The number of amides is 1. The van der Waals surface area contributed by atoms with Gasteiger partial charge in [-0.2, -0.15) is 0 Å². The van der Waals surface area contributed by atoms with E-state index in [-0.39, 0.29) is 5.91 Å². The van der Waals surface area contributed by atoms with Crippen LogP contribution in [-0.4, -0.2) is 23.8 Å². The third-order valence-electron chi connectivity index (χ3n) is 4.27. The zero-order valence-corrected chi connectivity index (χ0v) is 11.0. The third-order valence-corrected chi connectivity index (χ3v) is 4.27. The van der Waals surface area contributed by atoms with Crippen LogP contribution in [0.15, 0.2) is 30.3 Å². The van der Waals surface area contributed by atoms with Gasteiger partial charge in [-0.25, -0.2) is 0 Å². The molecule has 4 nitrogen and oxygen atoms in total. The van der Waals surface area contributed by atoms with Crippen molar-refractivity contribution >= 4 is 17.4 Å². The SMILES string of the molecule is N=C1CN(c2ccccc2)C2(CCCCC2)C(=O)N1. The molecule has 3 rings (SSSR count). The van der Waals surface area contributed by atoms with Crippen molar-refractivity contribution in [2.24, 2.45) is 0 Å². The first kappa shape index (κ1) is 12.2. The molecule has 1 spiro atoms. The van der Waals surface area contributed by atoms with E-state index in [9.17, 15) is 4.79 Å². The lowest BCUT2D eigenvalue weighted by molar-refractivity contribution is -0.126. The summed E-state index contributed by atoms with van der Waals surface area (Å²) in [6, 6.07) is 10.0. The summed E-state index contributed by atoms with van der Waals surface area (Å²) in [5.41, 5.74) is 0.605. The van der Waals surface area contributed by atoms with Crippen LogP contribution >= 0.6 is 0 Å². The largest absolute Gasteiger partial charge is 0.349 e. The molecule has 0 aromatic heterocycles. The second-order valence-electron chi connectivity index (χ2n) is 5.45. The molecule has 1 aliphatic heterocycles. The summed E-state index contributed by atoms with van der Waals surface area (Å²) < 4.78 is 0. The number of rotatable bonds is 1. The normalized spacial score (nSPS) is 22.4. The Kier molecular flexibility index (Phi) is 3.01. The summed E-state index contributed by atoms with van der Waals surface area (Å²) in [5, 5.41) is 10.6. The van der Waals surface area contributed by atoms with E-state index in [1.807, 2.05) is 30.3 Å². The van der Waals surface area contributed by atoms with Gasteiger partial charge in [-0.1, -0.05) is 37.5 Å². The van der Waals surface area contributed by atoms with E-state index in [4.69, 9.17) is 5.41 Å². The van der Waals surface area contributed by atoms with Crippen molar-refractivity contribution in [3.8, 4) is 0 Å². The van der Waals surface area contributed by atoms with Crippen molar-refractivity contribution in [2.45, 2.75) is 37.6 Å². The van der Waals surface area contributed by atoms with Crippen LogP contribution in [-0.2, 0) is 4.79 Å². The fraction of sp³-hybridized carbons (Fsp3) is 0.467. The highest BCUT2D eigenvalue weighted by atomic mass is 16.2. The smallest absolute Gasteiger partial charge is 0.251 e. The minimum Gasteiger partial charge on any atom is -0.349 e. The summed E-state index contributed by atoms with van der Waals surface area (Å²) in [5.74, 6) is 0.303. The van der Waals surface area contributed by atoms with Crippen LogP contribution < -0.4 is 10.2 Å². The second-order valence-corrected chi connectivity index (χ2v) is 5.45. The topological polar surface area (TPSA) is 56.2 Å². The predicted octanol–water partition coefficient (Wildman–Crippen LogP) is 2.30. The lowest BCUT2D eigenvalue weighted by Gasteiger charge is -2.49. The van der Waals surface area contributed by atoms with Gasteiger partial charge < -0.3 is 10.2 Å². The molecule has 0 bridgehead atoms. The molecule has 1 saturated carbocycles. The maximum atomic E-state index is 12.5. The highest BCUT2D eigenvalue weighted by molar-refractivity contribution is 6.08. The van der Waals surface area contributed by atoms with Crippen LogP contribution in [0.2, 0.25) is 0 Å². The fourth-order valence-corrected chi connectivity index (χ4v) is 3.30. The number of carbonyl (C=O) groups excluding carboxylic acids is 1. The summed E-state index contributed by atoms with van der Waals surface area (Å²) in [6.07, 6.45) is 5.16. The molecule has 1 heterocycles. The lowest BCUT2D eigenvalue weighted by Crippen LogP contribution is -2.67. The minimum absolute atomic E-state index is 0.00676. The Hall–Kier alpha value is -1.84. The van der Waals surface area contributed by atoms with Gasteiger partial charge in [0.25, 0.3) is 5.91 Å². The minimum atomic E-state index is -0.440. The quantitative estimate of drug-likeness (QED) is 0.811. The Labute approximate surface area is 113 Å². The molecule has 0 unspecified atom stereocenters. The van der Waals surface area contributed by atoms with Gasteiger partial charge in [0.1, 0.15) is 11.4 Å². The molecule has 0 atom stereocenters. The maximum Gasteiger partial charge on any atom is 0.251 e. The summed E-state index contributed by atoms with van der Waals surface area (Å²) in [6.45, 7) is 0.496. The van der Waals surface area contributed by atoms with Gasteiger partial charge in [0, 0.05) is 5.69 Å². The molecule has 1 aromatic carbocycles. The van der Waals surface area contributed by atoms with Gasteiger partial charge in [-0.05, 0) is 25.0 Å². The number of anilines is 1. The molecule has 1 amide bonds. The Morgan fingerprint density at radius 1 is 1.11 bits per heavy atom. The highest BCUT2D eigenvalue weighted by Crippen LogP contribution is 2.38. The molecule has 1 saturated heterocycles. The van der Waals surface area contributed by atoms with Crippen molar-refractivity contribution < 1.29 is 4.79 Å². The number of benzene rings is 1. The first-order valence-electron chi connectivity index (χ1n) is 6.94. The van der Waals surface area contributed by atoms with Gasteiger partial charge in [-0.15, -0.1) is 0 Å². The van der Waals surface area contributed by atoms with Gasteiger partial charge in [0.05, 0.1) is 6.54 Å². The standard InChI is InChI=1S/C15H19N3O/c16-13-11-18(12-7-3-1-4-8-12)15(14(19)17-13)9-5-2-6-10-15/h1,3-4,7-8H,2,5-6,9-11H2,(H2,16,17,19). The van der Waals surface area contributed by atoms with E-state index in [1.165, 1.54) is 6.42 Å². The molecule has 2 fully saturated rings. The monoisotopic (exact) mass is 257 g/mol. The molecule has 2 aliphatic rings. The number of piperazine rings is 1. The summed E-state index contributed by atoms with van der Waals surface area (Å²) in [7, 11) is 0. The number of carbonyl (C=O) groups is 1. The maximum absolute atomic E-state index is 12.5. The average molecular weight is 257 g/mol. The predicted molar refractivity (Wildman–Crippen MR) is 75.5 cm³/mol. The molecule has 100 valence electrons. The third kappa shape index (κ3) is 2.01. The van der Waals surface area contributed by atoms with Crippen molar-refractivity contribution in [1.82, 2.24) is 5.32 Å². The van der Waals surface area contributed by atoms with E-state index in [1.54, 1.807) is 0 Å². The molecule has 19 heavy (non-hydrogen) atoms. The molecule has 0 radical (unpaired) electrons. The van der Waals surface area contributed by atoms with Crippen molar-refractivity contribution in [3.63, 3.8) is 0 Å². The summed E-state index contributed by atoms with van der Waals surface area (Å²) in [4.78, 5) is 14.6. The Morgan fingerprint density at radius 3 is 2.47 bits per heavy atom. The zero-order valence-electron chi connectivity index (χ0n) is 11.0. The van der Waals surface area contributed by atoms with E-state index in [0.29, 0.717) is 12.4 Å². The van der Waals surface area contributed by atoms with Crippen molar-refractivity contribution in [1.29, 1.82) is 5.41 Å². The number of nitrogens with zero attached hydrogens (tertiary/aromatic N) is 1. The van der Waals surface area contributed by atoms with Crippen molar-refractivity contribution in [3.05, 3.63) is 30.3 Å². The molecular formula is C15H19N3O. The number of nitrogens with one attached hydrogen (secondary N) is 2. The zero-order chi connectivity index (χ0) is 13.3. The van der Waals surface area contributed by atoms with E-state index >= 15 is 0 Å². The average Bonchev–Trinajstić information content (AvgIpc) is 2.45. The number of amidine groups is 1. The van der Waals surface area contributed by atoms with Crippen LogP contribution in [0.25, 0.3) is 0 Å². The molecular weight excluding hydrogens is 238 g/mol. The fourth-order valence-electron chi connectivity index (χ4n) is 3.30. The Balaban J connectivity index is 2.01. The Morgan fingerprint density at radius 2 is 1.79 bits per heavy atom. The van der Waals surface area contributed by atoms with Crippen LogP contribution in [0, 0.1) is 5.41 Å². The lowest BCUT2D eigenvalue weighted by atomic mass is 9.78. The Bertz CT molecular complexity index is 491. The van der Waals surface area contributed by atoms with E-state index < -0.39 is 5.54 Å². The number of hydrogen-bond donors (Lipinski definition) is 2. The van der Waals surface area contributed by atoms with Gasteiger partial charge >= 0.3 is 0 Å². The number of para-hydroxylation sites is 1. The molecule has 1 aliphatic carbocycles. The van der Waals surface area contributed by atoms with E-state index in [0.717, 1.165) is 31.4 Å². The first-order valence-corrected chi connectivity index (χ1v) is 6.94. The van der Waals surface area contributed by atoms with Crippen LogP contribution in [0.1, 0.15) is 32.1 Å². The molecule has 1 aromatic rings. The van der Waals surface area contributed by atoms with Gasteiger partial charge in [0.2, 0.25) is 0 Å². The van der Waals surface area contributed by atoms with Crippen molar-refractivity contribution in [2.75, 3.05) is 11.4 Å². The highest BCUT2D eigenvalue weighted by Gasteiger charge is 2.48. The summed E-state index contributed by atoms with van der Waals surface area (Å²) >= 11 is 0. The van der Waals surface area contributed by atoms with Crippen LogP contribution in [0.4, 0.5) is 5.69 Å².